The molecule has 1 aromatic heterocycles. The summed E-state index contributed by atoms with van der Waals surface area (Å²) in [6, 6.07) is 0.0544. The predicted molar refractivity (Wildman–Crippen MR) is 46.3 cm³/mol. The molecule has 4 heteroatoms. The second-order valence-electron chi connectivity index (χ2n) is 2.74. The first-order chi connectivity index (χ1) is 5.25. The lowest BCUT2D eigenvalue weighted by molar-refractivity contribution is 0.450. The second-order valence-corrected chi connectivity index (χ2v) is 3.30. The summed E-state index contributed by atoms with van der Waals surface area (Å²) >= 11 is 1.22. The van der Waals surface area contributed by atoms with Crippen LogP contribution in [0.15, 0.2) is 6.20 Å². The fourth-order valence-corrected chi connectivity index (χ4v) is 1.33. The Morgan fingerprint density at radius 2 is 2.45 bits per heavy atom. The van der Waals surface area contributed by atoms with Crippen molar-refractivity contribution in [3.8, 4) is 0 Å². The highest BCUT2D eigenvalue weighted by molar-refractivity contribution is 6.99. The highest BCUT2D eigenvalue weighted by Crippen LogP contribution is 2.19. The molecule has 1 aromatic rings. The topological polar surface area (TPSA) is 51.8 Å². The van der Waals surface area contributed by atoms with Gasteiger partial charge in [0.15, 0.2) is 0 Å². The number of rotatable bonds is 3. The van der Waals surface area contributed by atoms with Gasteiger partial charge in [-0.15, -0.1) is 0 Å². The monoisotopic (exact) mass is 171 g/mol. The van der Waals surface area contributed by atoms with Crippen LogP contribution in [-0.2, 0) is 0 Å². The van der Waals surface area contributed by atoms with Gasteiger partial charge in [0.1, 0.15) is 0 Å². The van der Waals surface area contributed by atoms with Crippen molar-refractivity contribution < 1.29 is 0 Å². The van der Waals surface area contributed by atoms with Crippen LogP contribution in [0, 0.1) is 5.92 Å². The number of hydrogen-bond acceptors (Lipinski definition) is 4. The number of nitrogens with two attached hydrogens (primary N) is 1. The minimum Gasteiger partial charge on any atom is -0.322 e. The van der Waals surface area contributed by atoms with Gasteiger partial charge in [0.05, 0.1) is 29.7 Å². The van der Waals surface area contributed by atoms with Gasteiger partial charge in [-0.1, -0.05) is 20.3 Å². The average molecular weight is 171 g/mol. The summed E-state index contributed by atoms with van der Waals surface area (Å²) in [4.78, 5) is 0. The molecular weight excluding hydrogens is 158 g/mol. The smallest absolute Gasteiger partial charge is 0.0912 e. The standard InChI is InChI=1S/C7H13N3S/c1-3-5(2)7(8)6-4-9-11-10-6/h4-5,7H,3,8H2,1-2H3. The van der Waals surface area contributed by atoms with Gasteiger partial charge in [0.25, 0.3) is 0 Å². The molecule has 1 rings (SSSR count). The fraction of sp³-hybridized carbons (Fsp3) is 0.714. The molecule has 0 fully saturated rings. The van der Waals surface area contributed by atoms with Crippen molar-refractivity contribution in [1.29, 1.82) is 0 Å². The summed E-state index contributed by atoms with van der Waals surface area (Å²) < 4.78 is 8.00. The molecule has 0 bridgehead atoms. The zero-order chi connectivity index (χ0) is 8.27. The Balaban J connectivity index is 2.62. The van der Waals surface area contributed by atoms with E-state index >= 15 is 0 Å². The van der Waals surface area contributed by atoms with Crippen molar-refractivity contribution in [3.63, 3.8) is 0 Å². The second kappa shape index (κ2) is 3.78. The maximum absolute atomic E-state index is 5.90. The van der Waals surface area contributed by atoms with Crippen LogP contribution in [-0.4, -0.2) is 8.75 Å². The normalized spacial score (nSPS) is 16.3. The van der Waals surface area contributed by atoms with E-state index in [1.165, 1.54) is 11.7 Å². The Hall–Kier alpha value is -0.480. The Morgan fingerprint density at radius 1 is 1.73 bits per heavy atom. The molecule has 0 saturated heterocycles. The van der Waals surface area contributed by atoms with E-state index in [0.29, 0.717) is 5.92 Å². The first-order valence-electron chi connectivity index (χ1n) is 3.78. The molecule has 2 atom stereocenters. The Labute approximate surface area is 71.0 Å². The molecule has 3 nitrogen and oxygen atoms in total. The molecular formula is C7H13N3S. The van der Waals surface area contributed by atoms with Crippen molar-refractivity contribution in [2.24, 2.45) is 11.7 Å². The third kappa shape index (κ3) is 1.97. The lowest BCUT2D eigenvalue weighted by Crippen LogP contribution is -2.18. The highest BCUT2D eigenvalue weighted by Gasteiger charge is 2.14. The SMILES string of the molecule is CCC(C)C(N)c1cnsn1. The minimum atomic E-state index is 0.0544. The number of nitrogens with zero attached hydrogens (tertiary/aromatic N) is 2. The molecule has 0 saturated carbocycles. The van der Waals surface area contributed by atoms with E-state index in [9.17, 15) is 0 Å². The van der Waals surface area contributed by atoms with Crippen LogP contribution in [0.2, 0.25) is 0 Å². The van der Waals surface area contributed by atoms with E-state index in [0.717, 1.165) is 12.1 Å². The van der Waals surface area contributed by atoms with Crippen molar-refractivity contribution in [3.05, 3.63) is 11.9 Å². The van der Waals surface area contributed by atoms with Gasteiger partial charge in [-0.3, -0.25) is 0 Å². The quantitative estimate of drug-likeness (QED) is 0.751. The first kappa shape index (κ1) is 8.62. The summed E-state index contributed by atoms with van der Waals surface area (Å²) in [5.41, 5.74) is 6.82. The van der Waals surface area contributed by atoms with E-state index in [1.54, 1.807) is 6.20 Å². The van der Waals surface area contributed by atoms with Gasteiger partial charge in [0, 0.05) is 0 Å². The largest absolute Gasteiger partial charge is 0.322 e. The lowest BCUT2D eigenvalue weighted by atomic mass is 9.98. The summed E-state index contributed by atoms with van der Waals surface area (Å²) in [6.07, 6.45) is 2.83. The summed E-state index contributed by atoms with van der Waals surface area (Å²) in [5, 5.41) is 0. The van der Waals surface area contributed by atoms with E-state index in [1.807, 2.05) is 0 Å². The molecule has 2 unspecified atom stereocenters. The maximum Gasteiger partial charge on any atom is 0.0912 e. The molecule has 0 radical (unpaired) electrons. The lowest BCUT2D eigenvalue weighted by Gasteiger charge is -2.14. The van der Waals surface area contributed by atoms with E-state index in [2.05, 4.69) is 22.6 Å². The molecule has 1 heterocycles. The minimum absolute atomic E-state index is 0.0544. The number of hydrogen-bond donors (Lipinski definition) is 1. The first-order valence-corrected chi connectivity index (χ1v) is 4.51. The Kier molecular flexibility index (Phi) is 2.96. The molecule has 0 amide bonds. The fourth-order valence-electron chi connectivity index (χ4n) is 0.864. The molecule has 0 spiro atoms. The van der Waals surface area contributed by atoms with Gasteiger partial charge in [-0.2, -0.15) is 8.75 Å². The molecule has 11 heavy (non-hydrogen) atoms. The Bertz CT molecular complexity index is 197. The van der Waals surface area contributed by atoms with Gasteiger partial charge < -0.3 is 5.73 Å². The molecule has 0 aliphatic rings. The summed E-state index contributed by atoms with van der Waals surface area (Å²) in [7, 11) is 0. The van der Waals surface area contributed by atoms with E-state index in [4.69, 9.17) is 5.73 Å². The highest BCUT2D eigenvalue weighted by atomic mass is 32.1. The van der Waals surface area contributed by atoms with Gasteiger partial charge >= 0.3 is 0 Å². The maximum atomic E-state index is 5.90. The summed E-state index contributed by atoms with van der Waals surface area (Å²) in [6.45, 7) is 4.26. The van der Waals surface area contributed by atoms with Crippen LogP contribution in [0.4, 0.5) is 0 Å². The zero-order valence-corrected chi connectivity index (χ0v) is 7.64. The van der Waals surface area contributed by atoms with Gasteiger partial charge in [-0.25, -0.2) is 0 Å². The molecule has 0 aliphatic carbocycles. The third-order valence-electron chi connectivity index (χ3n) is 1.98. The van der Waals surface area contributed by atoms with Crippen LogP contribution >= 0.6 is 11.7 Å². The number of aromatic nitrogens is 2. The molecule has 62 valence electrons. The van der Waals surface area contributed by atoms with Crippen molar-refractivity contribution in [2.45, 2.75) is 26.3 Å². The van der Waals surface area contributed by atoms with Gasteiger partial charge in [-0.05, 0) is 5.92 Å². The Morgan fingerprint density at radius 3 is 2.91 bits per heavy atom. The van der Waals surface area contributed by atoms with Crippen molar-refractivity contribution in [1.82, 2.24) is 8.75 Å². The van der Waals surface area contributed by atoms with Crippen LogP contribution in [0.1, 0.15) is 32.0 Å². The van der Waals surface area contributed by atoms with Crippen LogP contribution in [0.25, 0.3) is 0 Å². The summed E-state index contributed by atoms with van der Waals surface area (Å²) in [5.74, 6) is 0.485. The predicted octanol–water partition coefficient (Wildman–Crippen LogP) is 1.58. The molecule has 0 aliphatic heterocycles. The third-order valence-corrected chi connectivity index (χ3v) is 2.47. The zero-order valence-electron chi connectivity index (χ0n) is 6.82. The van der Waals surface area contributed by atoms with Crippen LogP contribution < -0.4 is 5.73 Å². The van der Waals surface area contributed by atoms with Crippen molar-refractivity contribution in [2.75, 3.05) is 0 Å². The average Bonchev–Trinajstić information content (AvgIpc) is 2.53. The van der Waals surface area contributed by atoms with Crippen LogP contribution in [0.5, 0.6) is 0 Å². The van der Waals surface area contributed by atoms with E-state index < -0.39 is 0 Å². The van der Waals surface area contributed by atoms with Crippen LogP contribution in [0.3, 0.4) is 0 Å². The van der Waals surface area contributed by atoms with Gasteiger partial charge in [0.2, 0.25) is 0 Å². The van der Waals surface area contributed by atoms with E-state index in [-0.39, 0.29) is 6.04 Å². The molecule has 0 aromatic carbocycles. The van der Waals surface area contributed by atoms with Crippen molar-refractivity contribution >= 4 is 11.7 Å². The molecule has 2 N–H and O–H groups in total.